The first kappa shape index (κ1) is 24.1. The summed E-state index contributed by atoms with van der Waals surface area (Å²) in [7, 11) is 0. The van der Waals surface area contributed by atoms with E-state index in [9.17, 15) is 0 Å². The van der Waals surface area contributed by atoms with Crippen LogP contribution in [0.2, 0.25) is 0 Å². The monoisotopic (exact) mass is 540 g/mol. The lowest BCUT2D eigenvalue weighted by Crippen LogP contribution is -2.11. The summed E-state index contributed by atoms with van der Waals surface area (Å²) in [5.41, 5.74) is 10.9. The summed E-state index contributed by atoms with van der Waals surface area (Å²) < 4.78 is 4.31. The lowest BCUT2D eigenvalue weighted by molar-refractivity contribution is -0.492. The number of fused-ring (bicyclic) bond motifs is 3. The molecule has 0 aliphatic carbocycles. The number of hydrogen-bond acceptors (Lipinski definition) is 3. The van der Waals surface area contributed by atoms with Crippen LogP contribution >= 0.6 is 0 Å². The molecule has 0 radical (unpaired) electrons. The number of para-hydroxylation sites is 1. The van der Waals surface area contributed by atoms with Gasteiger partial charge in [0.05, 0.1) is 21.8 Å². The summed E-state index contributed by atoms with van der Waals surface area (Å²) in [4.78, 5) is 4.50. The normalized spacial score (nSPS) is 13.0. The second-order valence-corrected chi connectivity index (χ2v) is 10.5. The summed E-state index contributed by atoms with van der Waals surface area (Å²) in [5, 5.41) is 11.6. The molecule has 1 aliphatic heterocycles. The van der Waals surface area contributed by atoms with Crippen LogP contribution in [-0.4, -0.2) is 26.5 Å². The molecular weight excluding hydrogens is 514 g/mol. The largest absolute Gasteiger partial charge is 0.309 e. The highest BCUT2D eigenvalue weighted by molar-refractivity contribution is 6.13. The fraction of sp³-hybridized carbons (Fsp3) is 0.0270. The van der Waals surface area contributed by atoms with Crippen LogP contribution in [0, 0.1) is 0 Å². The van der Waals surface area contributed by atoms with E-state index in [4.69, 9.17) is 0 Å². The second kappa shape index (κ2) is 10.1. The summed E-state index contributed by atoms with van der Waals surface area (Å²) >= 11 is 0. The van der Waals surface area contributed by atoms with Crippen molar-refractivity contribution < 1.29 is 4.70 Å². The van der Waals surface area contributed by atoms with Gasteiger partial charge < -0.3 is 4.57 Å². The predicted octanol–water partition coefficient (Wildman–Crippen LogP) is 9.03. The average molecular weight is 541 g/mol. The molecule has 0 fully saturated rings. The van der Waals surface area contributed by atoms with E-state index >= 15 is 0 Å². The van der Waals surface area contributed by atoms with Crippen LogP contribution in [0.5, 0.6) is 0 Å². The van der Waals surface area contributed by atoms with Crippen molar-refractivity contribution in [2.24, 2.45) is 10.3 Å². The van der Waals surface area contributed by atoms with Crippen LogP contribution in [0.15, 0.2) is 156 Å². The van der Waals surface area contributed by atoms with Gasteiger partial charge in [-0.15, -0.1) is 4.70 Å². The zero-order chi connectivity index (χ0) is 27.9. The van der Waals surface area contributed by atoms with Crippen LogP contribution < -0.4 is 0 Å². The fourth-order valence-electron chi connectivity index (χ4n) is 5.83. The molecule has 0 atom stereocenters. The minimum Gasteiger partial charge on any atom is -0.309 e. The number of rotatable bonds is 5. The summed E-state index contributed by atoms with van der Waals surface area (Å²) in [6.45, 7) is 0.604. The Morgan fingerprint density at radius 1 is 0.548 bits per heavy atom. The molecule has 5 heteroatoms. The van der Waals surface area contributed by atoms with Gasteiger partial charge in [-0.1, -0.05) is 78.9 Å². The zero-order valence-electron chi connectivity index (χ0n) is 22.8. The molecule has 8 rings (SSSR count). The summed E-state index contributed by atoms with van der Waals surface area (Å²) in [6, 6.07) is 48.8. The molecule has 0 amide bonds. The van der Waals surface area contributed by atoms with E-state index < -0.39 is 0 Å². The van der Waals surface area contributed by atoms with Crippen LogP contribution in [-0.2, 0) is 0 Å². The van der Waals surface area contributed by atoms with Gasteiger partial charge in [-0.3, -0.25) is 4.98 Å². The SMILES string of the molecule is c1ccc(-c2ccc3c4cc(C5=NN=[N+](c6cccc(-c7ccccn7)c6)C5)ccc4n(-c4ccccc4)c3c2)cc1. The molecule has 0 saturated heterocycles. The first-order chi connectivity index (χ1) is 20.8. The topological polar surface area (TPSA) is 45.5 Å². The molecule has 42 heavy (non-hydrogen) atoms. The highest BCUT2D eigenvalue weighted by Crippen LogP contribution is 2.36. The van der Waals surface area contributed by atoms with Gasteiger partial charge in [0.15, 0.2) is 12.2 Å². The fourth-order valence-corrected chi connectivity index (χ4v) is 5.83. The second-order valence-electron chi connectivity index (χ2n) is 10.5. The van der Waals surface area contributed by atoms with E-state index in [1.807, 2.05) is 35.2 Å². The van der Waals surface area contributed by atoms with E-state index in [0.717, 1.165) is 33.9 Å². The lowest BCUT2D eigenvalue weighted by Gasteiger charge is -2.09. The molecule has 2 aromatic heterocycles. The maximum absolute atomic E-state index is 4.62. The standard InChI is InChI=1S/C37H26N5/c1-3-10-26(11-4-1)27-17-19-32-33-23-29(18-20-36(33)42(37(32)24-27)30-13-5-2-6-14-30)35-25-41(40-39-35)31-15-9-12-28(22-31)34-16-7-8-21-38-34/h1-24H,25H2/q+1. The van der Waals surface area contributed by atoms with Crippen molar-refractivity contribution in [2.45, 2.75) is 0 Å². The molecule has 0 unspecified atom stereocenters. The van der Waals surface area contributed by atoms with Crippen molar-refractivity contribution in [3.8, 4) is 28.1 Å². The average Bonchev–Trinajstić information content (AvgIpc) is 3.69. The highest BCUT2D eigenvalue weighted by atomic mass is 15.5. The van der Waals surface area contributed by atoms with Crippen molar-refractivity contribution >= 4 is 33.2 Å². The Labute approximate surface area is 243 Å². The maximum Gasteiger partial charge on any atom is 0.231 e. The Balaban J connectivity index is 1.18. The van der Waals surface area contributed by atoms with Crippen molar-refractivity contribution in [1.82, 2.24) is 9.55 Å². The molecule has 5 nitrogen and oxygen atoms in total. The first-order valence-electron chi connectivity index (χ1n) is 14.1. The minimum absolute atomic E-state index is 0.604. The van der Waals surface area contributed by atoms with Crippen LogP contribution in [0.1, 0.15) is 5.56 Å². The van der Waals surface area contributed by atoms with Crippen LogP contribution in [0.3, 0.4) is 0 Å². The Hall–Kier alpha value is -5.68. The maximum atomic E-state index is 4.62. The number of aromatic nitrogens is 2. The van der Waals surface area contributed by atoms with Gasteiger partial charge in [0.25, 0.3) is 0 Å². The van der Waals surface area contributed by atoms with Gasteiger partial charge in [0, 0.05) is 33.8 Å². The van der Waals surface area contributed by atoms with E-state index in [0.29, 0.717) is 6.54 Å². The van der Waals surface area contributed by atoms with Crippen LogP contribution in [0.25, 0.3) is 49.9 Å². The van der Waals surface area contributed by atoms with Crippen molar-refractivity contribution in [1.29, 1.82) is 0 Å². The van der Waals surface area contributed by atoms with Crippen molar-refractivity contribution in [2.75, 3.05) is 6.54 Å². The molecule has 3 heterocycles. The number of pyridine rings is 1. The Morgan fingerprint density at radius 3 is 2.17 bits per heavy atom. The summed E-state index contributed by atoms with van der Waals surface area (Å²) in [6.07, 6.45) is 1.82. The third-order valence-corrected chi connectivity index (χ3v) is 7.90. The minimum atomic E-state index is 0.604. The van der Waals surface area contributed by atoms with Crippen LogP contribution in [0.4, 0.5) is 5.69 Å². The highest BCUT2D eigenvalue weighted by Gasteiger charge is 2.25. The molecule has 0 bridgehead atoms. The van der Waals surface area contributed by atoms with Crippen molar-refractivity contribution in [3.63, 3.8) is 0 Å². The number of benzene rings is 5. The molecule has 5 aromatic carbocycles. The molecule has 0 N–H and O–H groups in total. The molecule has 1 aliphatic rings. The number of hydrogen-bond donors (Lipinski definition) is 0. The first-order valence-corrected chi connectivity index (χ1v) is 14.1. The van der Waals surface area contributed by atoms with E-state index in [-0.39, 0.29) is 0 Å². The lowest BCUT2D eigenvalue weighted by atomic mass is 10.0. The third kappa shape index (κ3) is 4.19. The van der Waals surface area contributed by atoms with E-state index in [1.54, 1.807) is 0 Å². The molecular formula is C37H26N5+. The molecule has 198 valence electrons. The van der Waals surface area contributed by atoms with E-state index in [2.05, 4.69) is 135 Å². The summed E-state index contributed by atoms with van der Waals surface area (Å²) in [5.74, 6) is 0. The number of nitrogens with zero attached hydrogens (tertiary/aromatic N) is 5. The molecule has 7 aromatic rings. The van der Waals surface area contributed by atoms with Gasteiger partial charge in [0.2, 0.25) is 5.71 Å². The van der Waals surface area contributed by atoms with Gasteiger partial charge in [-0.05, 0) is 71.8 Å². The van der Waals surface area contributed by atoms with E-state index in [1.165, 1.54) is 32.9 Å². The van der Waals surface area contributed by atoms with Gasteiger partial charge in [0.1, 0.15) is 5.22 Å². The smallest absolute Gasteiger partial charge is 0.231 e. The van der Waals surface area contributed by atoms with Gasteiger partial charge >= 0.3 is 0 Å². The van der Waals surface area contributed by atoms with Gasteiger partial charge in [-0.2, -0.15) is 0 Å². The zero-order valence-corrected chi connectivity index (χ0v) is 22.8. The quantitative estimate of drug-likeness (QED) is 0.201. The molecule has 0 saturated carbocycles. The Bertz CT molecular complexity index is 2140. The molecule has 0 spiro atoms. The predicted molar refractivity (Wildman–Crippen MR) is 170 cm³/mol. The third-order valence-electron chi connectivity index (χ3n) is 7.90. The Kier molecular flexibility index (Phi) is 5.78. The Morgan fingerprint density at radius 2 is 1.33 bits per heavy atom. The van der Waals surface area contributed by atoms with Gasteiger partial charge in [-0.25, -0.2) is 0 Å². The van der Waals surface area contributed by atoms with Crippen molar-refractivity contribution in [3.05, 3.63) is 151 Å².